The third kappa shape index (κ3) is 2.93. The molecule has 1 aromatic carbocycles. The van der Waals surface area contributed by atoms with Crippen molar-refractivity contribution in [3.8, 4) is 0 Å². The Morgan fingerprint density at radius 3 is 2.74 bits per heavy atom. The van der Waals surface area contributed by atoms with Gasteiger partial charge in [0.1, 0.15) is 12.0 Å². The zero-order valence-corrected chi connectivity index (χ0v) is 10.8. The summed E-state index contributed by atoms with van der Waals surface area (Å²) in [5, 5.41) is 9.81. The first kappa shape index (κ1) is 13.5. The van der Waals surface area contributed by atoms with Gasteiger partial charge in [0, 0.05) is 13.1 Å². The molecule has 1 aromatic rings. The van der Waals surface area contributed by atoms with Gasteiger partial charge in [-0.05, 0) is 12.5 Å². The van der Waals surface area contributed by atoms with Crippen molar-refractivity contribution in [2.45, 2.75) is 19.6 Å². The highest BCUT2D eigenvalue weighted by atomic mass is 16.5. The first-order valence-electron chi connectivity index (χ1n) is 6.31. The topological polar surface area (TPSA) is 66.8 Å². The van der Waals surface area contributed by atoms with Crippen molar-refractivity contribution in [2.24, 2.45) is 5.92 Å². The highest BCUT2D eigenvalue weighted by Gasteiger charge is 2.43. The smallest absolute Gasteiger partial charge is 0.313 e. The third-order valence-electron chi connectivity index (χ3n) is 3.17. The van der Waals surface area contributed by atoms with Crippen molar-refractivity contribution < 1.29 is 19.4 Å². The Hall–Kier alpha value is -1.88. The number of hydrogen-bond donors (Lipinski definition) is 1. The lowest BCUT2D eigenvalue weighted by Gasteiger charge is -2.15. The zero-order chi connectivity index (χ0) is 13.8. The van der Waals surface area contributed by atoms with Gasteiger partial charge in [0.25, 0.3) is 5.91 Å². The first-order valence-corrected chi connectivity index (χ1v) is 6.31. The SMILES string of the molecule is CCOC(=O)C1CN(Cc2ccccc2)C(=O)C1O. The van der Waals surface area contributed by atoms with Gasteiger partial charge in [0.2, 0.25) is 0 Å². The molecule has 0 saturated carbocycles. The molecule has 0 radical (unpaired) electrons. The fourth-order valence-electron chi connectivity index (χ4n) is 2.19. The minimum atomic E-state index is -1.29. The Morgan fingerprint density at radius 1 is 1.42 bits per heavy atom. The van der Waals surface area contributed by atoms with Gasteiger partial charge in [-0.3, -0.25) is 9.59 Å². The summed E-state index contributed by atoms with van der Waals surface area (Å²) >= 11 is 0. The average molecular weight is 263 g/mol. The van der Waals surface area contributed by atoms with Crippen LogP contribution < -0.4 is 0 Å². The monoisotopic (exact) mass is 263 g/mol. The Morgan fingerprint density at radius 2 is 2.11 bits per heavy atom. The van der Waals surface area contributed by atoms with Crippen LogP contribution in [0.25, 0.3) is 0 Å². The summed E-state index contributed by atoms with van der Waals surface area (Å²) in [5.41, 5.74) is 0.965. The van der Waals surface area contributed by atoms with Gasteiger partial charge < -0.3 is 14.7 Å². The number of nitrogens with zero attached hydrogens (tertiary/aromatic N) is 1. The molecular weight excluding hydrogens is 246 g/mol. The lowest BCUT2D eigenvalue weighted by atomic mass is 10.1. The van der Waals surface area contributed by atoms with Crippen LogP contribution in [-0.4, -0.2) is 41.1 Å². The summed E-state index contributed by atoms with van der Waals surface area (Å²) in [6.07, 6.45) is -1.29. The zero-order valence-electron chi connectivity index (χ0n) is 10.8. The maximum atomic E-state index is 11.9. The van der Waals surface area contributed by atoms with Crippen LogP contribution in [-0.2, 0) is 20.9 Å². The number of amides is 1. The van der Waals surface area contributed by atoms with Crippen LogP contribution in [0.3, 0.4) is 0 Å². The van der Waals surface area contributed by atoms with Crippen molar-refractivity contribution >= 4 is 11.9 Å². The lowest BCUT2D eigenvalue weighted by Crippen LogP contribution is -2.31. The van der Waals surface area contributed by atoms with E-state index in [0.29, 0.717) is 6.54 Å². The molecule has 5 nitrogen and oxygen atoms in total. The number of ether oxygens (including phenoxy) is 1. The molecule has 19 heavy (non-hydrogen) atoms. The van der Waals surface area contributed by atoms with E-state index >= 15 is 0 Å². The van der Waals surface area contributed by atoms with E-state index in [1.165, 1.54) is 4.90 Å². The Kier molecular flexibility index (Phi) is 4.16. The van der Waals surface area contributed by atoms with Gasteiger partial charge >= 0.3 is 5.97 Å². The number of rotatable bonds is 4. The van der Waals surface area contributed by atoms with Gasteiger partial charge in [-0.25, -0.2) is 0 Å². The molecule has 1 N–H and O–H groups in total. The highest BCUT2D eigenvalue weighted by molar-refractivity contribution is 5.90. The molecule has 5 heteroatoms. The molecule has 102 valence electrons. The fraction of sp³-hybridized carbons (Fsp3) is 0.429. The average Bonchev–Trinajstić information content (AvgIpc) is 2.69. The van der Waals surface area contributed by atoms with Gasteiger partial charge in [-0.15, -0.1) is 0 Å². The summed E-state index contributed by atoms with van der Waals surface area (Å²) in [6, 6.07) is 9.46. The maximum absolute atomic E-state index is 11.9. The van der Waals surface area contributed by atoms with Crippen LogP contribution in [0.5, 0.6) is 0 Å². The van der Waals surface area contributed by atoms with Crippen LogP contribution >= 0.6 is 0 Å². The molecule has 2 unspecified atom stereocenters. The highest BCUT2D eigenvalue weighted by Crippen LogP contribution is 2.22. The van der Waals surface area contributed by atoms with Crippen molar-refractivity contribution in [3.63, 3.8) is 0 Å². The van der Waals surface area contributed by atoms with E-state index in [1.54, 1.807) is 6.92 Å². The van der Waals surface area contributed by atoms with Crippen LogP contribution in [0.15, 0.2) is 30.3 Å². The molecule has 1 aliphatic heterocycles. The van der Waals surface area contributed by atoms with Crippen molar-refractivity contribution in [1.29, 1.82) is 0 Å². The lowest BCUT2D eigenvalue weighted by molar-refractivity contribution is -0.152. The molecule has 2 atom stereocenters. The molecular formula is C14H17NO4. The van der Waals surface area contributed by atoms with E-state index in [1.807, 2.05) is 30.3 Å². The fourth-order valence-corrected chi connectivity index (χ4v) is 2.19. The Bertz CT molecular complexity index is 460. The van der Waals surface area contributed by atoms with Gasteiger partial charge in [0.05, 0.1) is 6.61 Å². The molecule has 0 aliphatic carbocycles. The van der Waals surface area contributed by atoms with Gasteiger partial charge in [-0.2, -0.15) is 0 Å². The van der Waals surface area contributed by atoms with Crippen molar-refractivity contribution in [2.75, 3.05) is 13.2 Å². The second kappa shape index (κ2) is 5.84. The largest absolute Gasteiger partial charge is 0.466 e. The minimum Gasteiger partial charge on any atom is -0.466 e. The maximum Gasteiger partial charge on any atom is 0.313 e. The summed E-state index contributed by atoms with van der Waals surface area (Å²) in [4.78, 5) is 25.0. The molecule has 1 aliphatic rings. The molecule has 0 spiro atoms. The number of likely N-dealkylation sites (tertiary alicyclic amines) is 1. The van der Waals surface area contributed by atoms with Crippen molar-refractivity contribution in [1.82, 2.24) is 4.90 Å². The number of carbonyl (C=O) groups excluding carboxylic acids is 2. The van der Waals surface area contributed by atoms with Crippen LogP contribution in [0.2, 0.25) is 0 Å². The summed E-state index contributed by atoms with van der Waals surface area (Å²) < 4.78 is 4.87. The van der Waals surface area contributed by atoms with Crippen molar-refractivity contribution in [3.05, 3.63) is 35.9 Å². The predicted molar refractivity (Wildman–Crippen MR) is 68.0 cm³/mol. The molecule has 0 aromatic heterocycles. The number of esters is 1. The normalized spacial score (nSPS) is 22.6. The minimum absolute atomic E-state index is 0.202. The number of aliphatic hydroxyl groups excluding tert-OH is 1. The number of hydrogen-bond acceptors (Lipinski definition) is 4. The Balaban J connectivity index is 2.04. The first-order chi connectivity index (χ1) is 9.13. The summed E-state index contributed by atoms with van der Waals surface area (Å²) in [7, 11) is 0. The molecule has 0 bridgehead atoms. The van der Waals surface area contributed by atoms with Crippen LogP contribution in [0, 0.1) is 5.92 Å². The number of carbonyl (C=O) groups is 2. The van der Waals surface area contributed by atoms with Gasteiger partial charge in [0.15, 0.2) is 0 Å². The summed E-state index contributed by atoms with van der Waals surface area (Å²) in [5.74, 6) is -1.71. The quantitative estimate of drug-likeness (QED) is 0.806. The van der Waals surface area contributed by atoms with E-state index < -0.39 is 23.9 Å². The number of aliphatic hydroxyl groups is 1. The van der Waals surface area contributed by atoms with Crippen LogP contribution in [0.1, 0.15) is 12.5 Å². The van der Waals surface area contributed by atoms with E-state index in [2.05, 4.69) is 0 Å². The standard InChI is InChI=1S/C14H17NO4/c1-2-19-14(18)11-9-15(13(17)12(11)16)8-10-6-4-3-5-7-10/h3-7,11-12,16H,2,8-9H2,1H3. The van der Waals surface area contributed by atoms with Gasteiger partial charge in [-0.1, -0.05) is 30.3 Å². The molecule has 2 rings (SSSR count). The van der Waals surface area contributed by atoms with E-state index in [0.717, 1.165) is 5.56 Å². The molecule has 1 amide bonds. The molecule has 1 heterocycles. The predicted octanol–water partition coefficient (Wildman–Crippen LogP) is 0.569. The van der Waals surface area contributed by atoms with Crippen LogP contribution in [0.4, 0.5) is 0 Å². The second-order valence-corrected chi connectivity index (χ2v) is 4.51. The third-order valence-corrected chi connectivity index (χ3v) is 3.17. The van der Waals surface area contributed by atoms with E-state index in [9.17, 15) is 14.7 Å². The Labute approximate surface area is 111 Å². The second-order valence-electron chi connectivity index (χ2n) is 4.51. The molecule has 1 saturated heterocycles. The van der Waals surface area contributed by atoms with E-state index in [-0.39, 0.29) is 13.2 Å². The summed E-state index contributed by atoms with van der Waals surface area (Å²) in [6.45, 7) is 2.54. The molecule has 1 fully saturated rings. The van der Waals surface area contributed by atoms with E-state index in [4.69, 9.17) is 4.74 Å². The number of benzene rings is 1.